The Morgan fingerprint density at radius 1 is 1.07 bits per heavy atom. The van der Waals surface area contributed by atoms with Gasteiger partial charge in [0.1, 0.15) is 0 Å². The number of nitrogens with one attached hydrogen (secondary N) is 1. The van der Waals surface area contributed by atoms with Gasteiger partial charge in [-0.25, -0.2) is 0 Å². The number of amides is 1. The van der Waals surface area contributed by atoms with Gasteiger partial charge in [-0.2, -0.15) is 10.2 Å². The van der Waals surface area contributed by atoms with Crippen molar-refractivity contribution in [3.05, 3.63) is 59.8 Å². The second-order valence-electron chi connectivity index (χ2n) is 8.16. The molecule has 3 atom stereocenters. The van der Waals surface area contributed by atoms with E-state index in [1.807, 2.05) is 36.4 Å². The van der Waals surface area contributed by atoms with Crippen molar-refractivity contribution >= 4 is 5.91 Å². The highest BCUT2D eigenvalue weighted by molar-refractivity contribution is 5.94. The van der Waals surface area contributed by atoms with Crippen LogP contribution >= 0.6 is 0 Å². The van der Waals surface area contributed by atoms with Gasteiger partial charge in [-0.05, 0) is 67.2 Å². The third kappa shape index (κ3) is 3.95. The molecule has 1 fully saturated rings. The summed E-state index contributed by atoms with van der Waals surface area (Å²) in [5, 5.41) is 11.6. The first-order valence-electron chi connectivity index (χ1n) is 10.0. The van der Waals surface area contributed by atoms with Crippen molar-refractivity contribution < 1.29 is 4.79 Å². The fourth-order valence-electron chi connectivity index (χ4n) is 4.30. The molecule has 1 aromatic carbocycles. The van der Waals surface area contributed by atoms with Gasteiger partial charge in [0.25, 0.3) is 5.91 Å². The highest BCUT2D eigenvalue weighted by Gasteiger charge is 2.34. The van der Waals surface area contributed by atoms with Gasteiger partial charge in [0, 0.05) is 17.7 Å². The molecular weight excluding hydrogens is 334 g/mol. The molecule has 0 saturated heterocycles. The predicted octanol–water partition coefficient (Wildman–Crippen LogP) is 4.60. The zero-order chi connectivity index (χ0) is 18.8. The van der Waals surface area contributed by atoms with E-state index < -0.39 is 0 Å². The Hall–Kier alpha value is -2.49. The van der Waals surface area contributed by atoms with Crippen LogP contribution in [0.2, 0.25) is 0 Å². The van der Waals surface area contributed by atoms with Gasteiger partial charge in [0.2, 0.25) is 0 Å². The molecule has 27 heavy (non-hydrogen) atoms. The molecule has 2 aliphatic rings. The number of carbonyl (C=O) groups excluding carboxylic acids is 1. The first kappa shape index (κ1) is 17.9. The average Bonchev–Trinajstić information content (AvgIpc) is 3.31. The summed E-state index contributed by atoms with van der Waals surface area (Å²) in [5.74, 6) is 2.65. The maximum atomic E-state index is 12.4. The smallest absolute Gasteiger partial charge is 0.251 e. The molecule has 0 radical (unpaired) electrons. The van der Waals surface area contributed by atoms with Crippen LogP contribution < -0.4 is 5.32 Å². The number of hydrogen-bond acceptors (Lipinski definition) is 3. The Labute approximate surface area is 161 Å². The summed E-state index contributed by atoms with van der Waals surface area (Å²) < 4.78 is 0. The van der Waals surface area contributed by atoms with Gasteiger partial charge in [0.05, 0.1) is 11.4 Å². The van der Waals surface area contributed by atoms with Crippen molar-refractivity contribution in [2.45, 2.75) is 39.0 Å². The van der Waals surface area contributed by atoms with E-state index in [-0.39, 0.29) is 5.91 Å². The number of carbonyl (C=O) groups is 1. The minimum Gasteiger partial charge on any atom is -0.352 e. The molecule has 1 amide bonds. The molecule has 2 bridgehead atoms. The summed E-state index contributed by atoms with van der Waals surface area (Å²) in [6.45, 7) is 4.96. The van der Waals surface area contributed by atoms with Crippen molar-refractivity contribution in [3.8, 4) is 11.3 Å². The van der Waals surface area contributed by atoms with Crippen LogP contribution in [0.15, 0.2) is 48.6 Å². The van der Waals surface area contributed by atoms with Crippen LogP contribution in [-0.4, -0.2) is 22.6 Å². The third-order valence-corrected chi connectivity index (χ3v) is 5.94. The largest absolute Gasteiger partial charge is 0.352 e. The molecule has 1 saturated carbocycles. The van der Waals surface area contributed by atoms with Gasteiger partial charge in [0.15, 0.2) is 0 Å². The van der Waals surface area contributed by atoms with Crippen molar-refractivity contribution in [2.75, 3.05) is 6.54 Å². The highest BCUT2D eigenvalue weighted by atomic mass is 16.1. The van der Waals surface area contributed by atoms with Crippen molar-refractivity contribution in [3.63, 3.8) is 0 Å². The van der Waals surface area contributed by atoms with E-state index in [9.17, 15) is 4.79 Å². The zero-order valence-corrected chi connectivity index (χ0v) is 16.1. The number of hydrogen-bond donors (Lipinski definition) is 1. The number of aromatic nitrogens is 2. The van der Waals surface area contributed by atoms with Gasteiger partial charge in [-0.1, -0.05) is 38.1 Å². The van der Waals surface area contributed by atoms with Crippen LogP contribution in [0.1, 0.15) is 55.1 Å². The lowest BCUT2D eigenvalue weighted by Gasteiger charge is -2.18. The van der Waals surface area contributed by atoms with Gasteiger partial charge in [-0.3, -0.25) is 4.79 Å². The van der Waals surface area contributed by atoms with E-state index in [2.05, 4.69) is 41.5 Å². The molecular formula is C23H27N3O. The summed E-state index contributed by atoms with van der Waals surface area (Å²) in [6.07, 6.45) is 8.43. The summed E-state index contributed by atoms with van der Waals surface area (Å²) in [5.41, 5.74) is 3.48. The van der Waals surface area contributed by atoms with Gasteiger partial charge in [-0.15, -0.1) is 0 Å². The first-order valence-corrected chi connectivity index (χ1v) is 10.0. The minimum absolute atomic E-state index is 0.00138. The van der Waals surface area contributed by atoms with Crippen LogP contribution in [0.5, 0.6) is 0 Å². The summed E-state index contributed by atoms with van der Waals surface area (Å²) in [7, 11) is 0. The van der Waals surface area contributed by atoms with E-state index in [0.717, 1.165) is 47.7 Å². The van der Waals surface area contributed by atoms with E-state index in [1.54, 1.807) is 0 Å². The van der Waals surface area contributed by atoms with E-state index in [0.29, 0.717) is 11.5 Å². The van der Waals surface area contributed by atoms with Crippen molar-refractivity contribution in [1.82, 2.24) is 15.5 Å². The van der Waals surface area contributed by atoms with E-state index in [1.165, 1.54) is 12.8 Å². The van der Waals surface area contributed by atoms with Crippen molar-refractivity contribution in [2.24, 2.45) is 17.8 Å². The Morgan fingerprint density at radius 2 is 1.89 bits per heavy atom. The monoisotopic (exact) mass is 361 g/mol. The second-order valence-corrected chi connectivity index (χ2v) is 8.16. The lowest BCUT2D eigenvalue weighted by Crippen LogP contribution is -2.26. The summed E-state index contributed by atoms with van der Waals surface area (Å²) >= 11 is 0. The highest BCUT2D eigenvalue weighted by Crippen LogP contribution is 2.44. The molecule has 2 aliphatic carbocycles. The van der Waals surface area contributed by atoms with E-state index in [4.69, 9.17) is 0 Å². The van der Waals surface area contributed by atoms with Crippen LogP contribution in [0.3, 0.4) is 0 Å². The van der Waals surface area contributed by atoms with Crippen LogP contribution in [0, 0.1) is 17.8 Å². The quantitative estimate of drug-likeness (QED) is 0.765. The van der Waals surface area contributed by atoms with Crippen molar-refractivity contribution in [1.29, 1.82) is 0 Å². The average molecular weight is 361 g/mol. The van der Waals surface area contributed by atoms with Gasteiger partial charge >= 0.3 is 0 Å². The van der Waals surface area contributed by atoms with Crippen LogP contribution in [0.25, 0.3) is 11.3 Å². The fourth-order valence-corrected chi connectivity index (χ4v) is 4.30. The fraction of sp³-hybridized carbons (Fsp3) is 0.435. The topological polar surface area (TPSA) is 54.9 Å². The molecule has 0 unspecified atom stereocenters. The Morgan fingerprint density at radius 3 is 2.48 bits per heavy atom. The second kappa shape index (κ2) is 7.63. The number of rotatable bonds is 6. The molecule has 1 aromatic heterocycles. The Kier molecular flexibility index (Phi) is 5.06. The molecule has 1 N–H and O–H groups in total. The summed E-state index contributed by atoms with van der Waals surface area (Å²) in [4.78, 5) is 12.4. The normalized spacial score (nSPS) is 23.1. The van der Waals surface area contributed by atoms with Crippen LogP contribution in [0.4, 0.5) is 0 Å². The SMILES string of the molecule is CC(C)c1ccc(-c2ccc(C(=O)NCC[C@@H]3C[C@@H]4C=C[C@H]3C4)cc2)nn1. The maximum absolute atomic E-state index is 12.4. The molecule has 0 spiro atoms. The maximum Gasteiger partial charge on any atom is 0.251 e. The number of fused-ring (bicyclic) bond motifs is 2. The standard InChI is InChI=1S/C23H27N3O/c1-15(2)21-9-10-22(26-25-21)17-5-7-18(8-6-17)23(27)24-12-11-20-14-16-3-4-19(20)13-16/h3-10,15-16,19-20H,11-14H2,1-2H3,(H,24,27)/t16-,19+,20-/m1/s1. The zero-order valence-electron chi connectivity index (χ0n) is 16.1. The number of allylic oxidation sites excluding steroid dienone is 2. The van der Waals surface area contributed by atoms with E-state index >= 15 is 0 Å². The predicted molar refractivity (Wildman–Crippen MR) is 107 cm³/mol. The molecule has 4 rings (SSSR count). The lowest BCUT2D eigenvalue weighted by atomic mass is 9.90. The first-order chi connectivity index (χ1) is 13.1. The molecule has 1 heterocycles. The third-order valence-electron chi connectivity index (χ3n) is 5.94. The Bertz CT molecular complexity index is 824. The molecule has 2 aromatic rings. The molecule has 0 aliphatic heterocycles. The van der Waals surface area contributed by atoms with Gasteiger partial charge < -0.3 is 5.32 Å². The summed E-state index contributed by atoms with van der Waals surface area (Å²) in [6, 6.07) is 11.6. The molecule has 4 nitrogen and oxygen atoms in total. The Balaban J connectivity index is 1.31. The molecule has 4 heteroatoms. The molecule has 140 valence electrons. The lowest BCUT2D eigenvalue weighted by molar-refractivity contribution is 0.0950. The number of nitrogens with zero attached hydrogens (tertiary/aromatic N) is 2. The van der Waals surface area contributed by atoms with Crippen LogP contribution in [-0.2, 0) is 0 Å². The number of benzene rings is 1. The minimum atomic E-state index is 0.00138.